The summed E-state index contributed by atoms with van der Waals surface area (Å²) in [5.74, 6) is 0.845. The van der Waals surface area contributed by atoms with Crippen molar-refractivity contribution in [1.29, 1.82) is 0 Å². The number of ether oxygens (including phenoxy) is 1. The maximum absolute atomic E-state index is 12.5. The molecule has 0 radical (unpaired) electrons. The van der Waals surface area contributed by atoms with Crippen LogP contribution in [0.5, 0.6) is 5.75 Å². The Morgan fingerprint density at radius 2 is 2.12 bits per heavy atom. The van der Waals surface area contributed by atoms with Crippen molar-refractivity contribution in [1.82, 2.24) is 9.88 Å². The molecule has 1 aromatic heterocycles. The van der Waals surface area contributed by atoms with Crippen molar-refractivity contribution in [2.45, 2.75) is 32.3 Å². The van der Waals surface area contributed by atoms with Crippen LogP contribution < -0.4 is 4.74 Å². The summed E-state index contributed by atoms with van der Waals surface area (Å²) in [4.78, 5) is 18.3. The Bertz CT molecular complexity index is 712. The molecular weight excluding hydrogens is 324 g/mol. The summed E-state index contributed by atoms with van der Waals surface area (Å²) in [5, 5.41) is 0.524. The number of hydrogen-bond donors (Lipinski definition) is 0. The number of likely N-dealkylation sites (tertiary alicyclic amines) is 1. The molecule has 2 aromatic rings. The Kier molecular flexibility index (Phi) is 5.36. The van der Waals surface area contributed by atoms with Crippen LogP contribution >= 0.6 is 11.6 Å². The minimum Gasteiger partial charge on any atom is -0.489 e. The highest BCUT2D eigenvalue weighted by Crippen LogP contribution is 2.26. The molecule has 1 aromatic carbocycles. The van der Waals surface area contributed by atoms with Crippen molar-refractivity contribution in [2.24, 2.45) is 0 Å². The lowest BCUT2D eigenvalue weighted by Gasteiger charge is -2.32. The summed E-state index contributed by atoms with van der Waals surface area (Å²) in [6.45, 7) is 3.48. The monoisotopic (exact) mass is 344 g/mol. The van der Waals surface area contributed by atoms with Crippen molar-refractivity contribution < 1.29 is 9.53 Å². The fourth-order valence-electron chi connectivity index (χ4n) is 2.97. The molecule has 0 N–H and O–H groups in total. The van der Waals surface area contributed by atoms with E-state index in [1.807, 2.05) is 30.0 Å². The number of amides is 1. The second-order valence-corrected chi connectivity index (χ2v) is 6.58. The molecular formula is C19H21ClN2O2. The highest BCUT2D eigenvalue weighted by atomic mass is 35.5. The third-order valence-electron chi connectivity index (χ3n) is 4.26. The molecule has 0 bridgehead atoms. The molecule has 1 aliphatic rings. The minimum atomic E-state index is 0.0907. The summed E-state index contributed by atoms with van der Waals surface area (Å²) in [6.07, 6.45) is 5.44. The molecule has 0 aliphatic carbocycles. The van der Waals surface area contributed by atoms with Gasteiger partial charge in [-0.2, -0.15) is 0 Å². The van der Waals surface area contributed by atoms with Gasteiger partial charge in [0.25, 0.3) is 0 Å². The van der Waals surface area contributed by atoms with Crippen molar-refractivity contribution in [3.63, 3.8) is 0 Å². The smallest absolute Gasteiger partial charge is 0.226 e. The lowest BCUT2D eigenvalue weighted by molar-refractivity contribution is -0.132. The number of halogens is 1. The maximum Gasteiger partial charge on any atom is 0.226 e. The summed E-state index contributed by atoms with van der Waals surface area (Å²) in [7, 11) is 0. The number of rotatable bonds is 4. The van der Waals surface area contributed by atoms with Crippen LogP contribution in [0.4, 0.5) is 0 Å². The van der Waals surface area contributed by atoms with Gasteiger partial charge in [-0.1, -0.05) is 41.4 Å². The minimum absolute atomic E-state index is 0.0907. The van der Waals surface area contributed by atoms with E-state index in [0.29, 0.717) is 17.2 Å². The fourth-order valence-corrected chi connectivity index (χ4v) is 3.13. The van der Waals surface area contributed by atoms with E-state index in [2.05, 4.69) is 11.1 Å². The van der Waals surface area contributed by atoms with Gasteiger partial charge in [0.15, 0.2) is 0 Å². The normalized spacial score (nSPS) is 15.3. The first-order valence-electron chi connectivity index (χ1n) is 8.21. The topological polar surface area (TPSA) is 42.4 Å². The van der Waals surface area contributed by atoms with Gasteiger partial charge in [0.2, 0.25) is 5.91 Å². The van der Waals surface area contributed by atoms with Gasteiger partial charge in [0, 0.05) is 44.4 Å². The Morgan fingerprint density at radius 3 is 2.83 bits per heavy atom. The molecule has 0 spiro atoms. The Hall–Kier alpha value is -2.07. The maximum atomic E-state index is 12.5. The van der Waals surface area contributed by atoms with E-state index in [1.54, 1.807) is 18.5 Å². The van der Waals surface area contributed by atoms with E-state index in [1.165, 1.54) is 5.56 Å². The summed E-state index contributed by atoms with van der Waals surface area (Å²) >= 11 is 6.07. The molecule has 0 saturated carbocycles. The average molecular weight is 345 g/mol. The standard InChI is InChI=1S/C19H21ClN2O2/c1-14-3-2-4-15(11-14)12-19(23)22-9-6-16(7-10-22)24-18-5-8-21-13-17(18)20/h2-5,8,11,13,16H,6-7,9-10,12H2,1H3. The van der Waals surface area contributed by atoms with Crippen molar-refractivity contribution >= 4 is 17.5 Å². The van der Waals surface area contributed by atoms with Gasteiger partial charge in [-0.05, 0) is 12.5 Å². The summed E-state index contributed by atoms with van der Waals surface area (Å²) in [5.41, 5.74) is 2.25. The first-order valence-corrected chi connectivity index (χ1v) is 8.59. The fraction of sp³-hybridized carbons (Fsp3) is 0.368. The number of aromatic nitrogens is 1. The van der Waals surface area contributed by atoms with E-state index >= 15 is 0 Å². The van der Waals surface area contributed by atoms with Crippen molar-refractivity contribution in [3.05, 3.63) is 58.9 Å². The average Bonchev–Trinajstić information content (AvgIpc) is 2.57. The van der Waals surface area contributed by atoms with Crippen molar-refractivity contribution in [3.8, 4) is 5.75 Å². The van der Waals surface area contributed by atoms with E-state index in [4.69, 9.17) is 16.3 Å². The second kappa shape index (κ2) is 7.67. The van der Waals surface area contributed by atoms with Crippen LogP contribution in [0.15, 0.2) is 42.7 Å². The van der Waals surface area contributed by atoms with Gasteiger partial charge in [0.1, 0.15) is 16.9 Å². The Balaban J connectivity index is 1.51. The van der Waals surface area contributed by atoms with Crippen LogP contribution in [-0.2, 0) is 11.2 Å². The molecule has 1 saturated heterocycles. The molecule has 1 fully saturated rings. The molecule has 0 atom stereocenters. The molecule has 1 amide bonds. The molecule has 2 heterocycles. The quantitative estimate of drug-likeness (QED) is 0.850. The first-order chi connectivity index (χ1) is 11.6. The van der Waals surface area contributed by atoms with E-state index in [-0.39, 0.29) is 12.0 Å². The predicted octanol–water partition coefficient (Wildman–Crippen LogP) is 3.66. The number of aryl methyl sites for hydroxylation is 1. The predicted molar refractivity (Wildman–Crippen MR) is 94.4 cm³/mol. The third kappa shape index (κ3) is 4.26. The number of piperidine rings is 1. The van der Waals surface area contributed by atoms with Crippen LogP contribution in [-0.4, -0.2) is 35.0 Å². The Morgan fingerprint density at radius 1 is 1.33 bits per heavy atom. The van der Waals surface area contributed by atoms with Crippen molar-refractivity contribution in [2.75, 3.05) is 13.1 Å². The lowest BCUT2D eigenvalue weighted by Crippen LogP contribution is -2.42. The number of hydrogen-bond acceptors (Lipinski definition) is 3. The molecule has 1 aliphatic heterocycles. The molecule has 126 valence electrons. The largest absolute Gasteiger partial charge is 0.489 e. The van der Waals surface area contributed by atoms with E-state index in [9.17, 15) is 4.79 Å². The zero-order valence-corrected chi connectivity index (χ0v) is 14.5. The molecule has 0 unspecified atom stereocenters. The van der Waals surface area contributed by atoms with Gasteiger partial charge in [-0.25, -0.2) is 0 Å². The molecule has 3 rings (SSSR count). The van der Waals surface area contributed by atoms with Gasteiger partial charge >= 0.3 is 0 Å². The van der Waals surface area contributed by atoms with Crippen LogP contribution in [0.3, 0.4) is 0 Å². The molecule has 4 nitrogen and oxygen atoms in total. The highest BCUT2D eigenvalue weighted by molar-refractivity contribution is 6.31. The van der Waals surface area contributed by atoms with Crippen LogP contribution in [0.1, 0.15) is 24.0 Å². The van der Waals surface area contributed by atoms with Crippen LogP contribution in [0.25, 0.3) is 0 Å². The van der Waals surface area contributed by atoms with E-state index in [0.717, 1.165) is 31.5 Å². The summed E-state index contributed by atoms with van der Waals surface area (Å²) in [6, 6.07) is 9.89. The lowest BCUT2D eigenvalue weighted by atomic mass is 10.0. The first kappa shape index (κ1) is 16.8. The second-order valence-electron chi connectivity index (χ2n) is 6.17. The zero-order chi connectivity index (χ0) is 16.9. The zero-order valence-electron chi connectivity index (χ0n) is 13.7. The number of benzene rings is 1. The van der Waals surface area contributed by atoms with E-state index < -0.39 is 0 Å². The third-order valence-corrected chi connectivity index (χ3v) is 4.55. The number of nitrogens with zero attached hydrogens (tertiary/aromatic N) is 2. The van der Waals surface area contributed by atoms with Crippen LogP contribution in [0.2, 0.25) is 5.02 Å². The number of carbonyl (C=O) groups excluding carboxylic acids is 1. The number of pyridine rings is 1. The van der Waals surface area contributed by atoms with Gasteiger partial charge < -0.3 is 9.64 Å². The Labute approximate surface area is 147 Å². The SMILES string of the molecule is Cc1cccc(CC(=O)N2CCC(Oc3ccncc3Cl)CC2)c1. The van der Waals surface area contributed by atoms with Gasteiger partial charge in [-0.15, -0.1) is 0 Å². The highest BCUT2D eigenvalue weighted by Gasteiger charge is 2.24. The number of carbonyl (C=O) groups is 1. The molecule has 24 heavy (non-hydrogen) atoms. The molecule has 5 heteroatoms. The summed E-state index contributed by atoms with van der Waals surface area (Å²) < 4.78 is 5.94. The van der Waals surface area contributed by atoms with Crippen LogP contribution in [0, 0.1) is 6.92 Å². The van der Waals surface area contributed by atoms with Gasteiger partial charge in [-0.3, -0.25) is 9.78 Å². The van der Waals surface area contributed by atoms with Gasteiger partial charge in [0.05, 0.1) is 6.42 Å².